The van der Waals surface area contributed by atoms with Gasteiger partial charge in [-0.25, -0.2) is 18.4 Å². The van der Waals surface area contributed by atoms with E-state index in [1.165, 1.54) is 47.7 Å². The van der Waals surface area contributed by atoms with Crippen LogP contribution in [0.15, 0.2) is 49.1 Å². The molecule has 1 amide bonds. The fourth-order valence-electron chi connectivity index (χ4n) is 2.17. The molecule has 0 aliphatic rings. The van der Waals surface area contributed by atoms with Crippen LogP contribution in [0.3, 0.4) is 0 Å². The van der Waals surface area contributed by atoms with E-state index in [1.807, 2.05) is 0 Å². The van der Waals surface area contributed by atoms with Gasteiger partial charge in [-0.05, 0) is 30.3 Å². The van der Waals surface area contributed by atoms with Crippen molar-refractivity contribution in [3.63, 3.8) is 0 Å². The lowest BCUT2D eigenvalue weighted by molar-refractivity contribution is -0.115. The molecular weight excluding hydrogens is 338 g/mol. The number of benzene rings is 2. The van der Waals surface area contributed by atoms with Gasteiger partial charge in [0, 0.05) is 16.3 Å². The van der Waals surface area contributed by atoms with Crippen molar-refractivity contribution in [3.8, 4) is 5.69 Å². The smallest absolute Gasteiger partial charge is 0.228 e. The van der Waals surface area contributed by atoms with Crippen LogP contribution in [0.5, 0.6) is 0 Å². The van der Waals surface area contributed by atoms with Crippen molar-refractivity contribution in [2.75, 3.05) is 5.32 Å². The van der Waals surface area contributed by atoms with Crippen molar-refractivity contribution in [3.05, 3.63) is 71.3 Å². The fraction of sp³-hybridized carbons (Fsp3) is 0.0625. The van der Waals surface area contributed by atoms with E-state index >= 15 is 0 Å². The lowest BCUT2D eigenvalue weighted by Gasteiger charge is -2.09. The minimum absolute atomic E-state index is 0.0939. The molecule has 2 aromatic carbocycles. The highest BCUT2D eigenvalue weighted by Gasteiger charge is 2.13. The fourth-order valence-corrected chi connectivity index (χ4v) is 2.40. The Bertz CT molecular complexity index is 864. The predicted molar refractivity (Wildman–Crippen MR) is 85.1 cm³/mol. The first-order chi connectivity index (χ1) is 11.5. The van der Waals surface area contributed by atoms with Gasteiger partial charge in [-0.15, -0.1) is 0 Å². The average Bonchev–Trinajstić information content (AvgIpc) is 3.05. The molecule has 1 aromatic heterocycles. The normalized spacial score (nSPS) is 10.6. The zero-order chi connectivity index (χ0) is 17.1. The van der Waals surface area contributed by atoms with Crippen molar-refractivity contribution in [2.24, 2.45) is 0 Å². The standard InChI is InChI=1S/C16H11ClF2N4O/c17-12-2-1-3-13(18)11(12)7-16(24)22-10-4-5-15(14(19)6-10)23-9-20-8-21-23/h1-6,8-9H,7H2,(H,22,24). The number of anilines is 1. The first kappa shape index (κ1) is 16.1. The maximum Gasteiger partial charge on any atom is 0.228 e. The number of hydrogen-bond acceptors (Lipinski definition) is 3. The number of hydrogen-bond donors (Lipinski definition) is 1. The minimum Gasteiger partial charge on any atom is -0.326 e. The van der Waals surface area contributed by atoms with Gasteiger partial charge in [-0.1, -0.05) is 17.7 Å². The summed E-state index contributed by atoms with van der Waals surface area (Å²) in [5.41, 5.74) is 0.535. The Labute approximate surface area is 140 Å². The second-order valence-electron chi connectivity index (χ2n) is 4.93. The van der Waals surface area contributed by atoms with Crippen LogP contribution in [0.4, 0.5) is 14.5 Å². The highest BCUT2D eigenvalue weighted by molar-refractivity contribution is 6.31. The molecular formula is C16H11ClF2N4O. The average molecular weight is 349 g/mol. The molecule has 3 aromatic rings. The van der Waals surface area contributed by atoms with Crippen LogP contribution in [0.2, 0.25) is 5.02 Å². The third-order valence-electron chi connectivity index (χ3n) is 3.30. The lowest BCUT2D eigenvalue weighted by atomic mass is 10.1. The maximum atomic E-state index is 14.1. The zero-order valence-corrected chi connectivity index (χ0v) is 13.0. The third kappa shape index (κ3) is 3.41. The summed E-state index contributed by atoms with van der Waals surface area (Å²) in [6, 6.07) is 8.30. The number of carbonyl (C=O) groups is 1. The number of nitrogens with one attached hydrogen (secondary N) is 1. The summed E-state index contributed by atoms with van der Waals surface area (Å²) < 4.78 is 29.0. The molecule has 0 aliphatic carbocycles. The van der Waals surface area contributed by atoms with Crippen LogP contribution in [-0.2, 0) is 11.2 Å². The molecule has 122 valence electrons. The van der Waals surface area contributed by atoms with Gasteiger partial charge in [0.15, 0.2) is 5.82 Å². The van der Waals surface area contributed by atoms with E-state index in [2.05, 4.69) is 15.4 Å². The third-order valence-corrected chi connectivity index (χ3v) is 3.65. The molecule has 0 atom stereocenters. The van der Waals surface area contributed by atoms with Gasteiger partial charge in [0.1, 0.15) is 24.2 Å². The highest BCUT2D eigenvalue weighted by Crippen LogP contribution is 2.21. The molecule has 0 saturated heterocycles. The topological polar surface area (TPSA) is 59.8 Å². The minimum atomic E-state index is -0.581. The van der Waals surface area contributed by atoms with E-state index < -0.39 is 17.5 Å². The summed E-state index contributed by atoms with van der Waals surface area (Å²) in [5.74, 6) is -1.65. The van der Waals surface area contributed by atoms with Crippen LogP contribution >= 0.6 is 11.6 Å². The van der Waals surface area contributed by atoms with Crippen molar-refractivity contribution in [1.82, 2.24) is 14.8 Å². The summed E-state index contributed by atoms with van der Waals surface area (Å²) >= 11 is 5.88. The monoisotopic (exact) mass is 348 g/mol. The largest absolute Gasteiger partial charge is 0.326 e. The molecule has 24 heavy (non-hydrogen) atoms. The van der Waals surface area contributed by atoms with Gasteiger partial charge in [-0.2, -0.15) is 5.10 Å². The van der Waals surface area contributed by atoms with Crippen molar-refractivity contribution in [2.45, 2.75) is 6.42 Å². The summed E-state index contributed by atoms with van der Waals surface area (Å²) in [6.07, 6.45) is 2.39. The van der Waals surface area contributed by atoms with Gasteiger partial charge < -0.3 is 5.32 Å². The number of amides is 1. The van der Waals surface area contributed by atoms with Crippen LogP contribution in [-0.4, -0.2) is 20.7 Å². The Morgan fingerprint density at radius 2 is 2.04 bits per heavy atom. The predicted octanol–water partition coefficient (Wildman–Crippen LogP) is 3.38. The summed E-state index contributed by atoms with van der Waals surface area (Å²) in [4.78, 5) is 15.8. The van der Waals surface area contributed by atoms with Gasteiger partial charge in [0.25, 0.3) is 0 Å². The molecule has 3 rings (SSSR count). The Hall–Kier alpha value is -2.80. The number of aromatic nitrogens is 3. The van der Waals surface area contributed by atoms with Crippen LogP contribution in [0.1, 0.15) is 5.56 Å². The number of carbonyl (C=O) groups excluding carboxylic acids is 1. The Kier molecular flexibility index (Phi) is 4.52. The van der Waals surface area contributed by atoms with Crippen molar-refractivity contribution < 1.29 is 13.6 Å². The van der Waals surface area contributed by atoms with Gasteiger partial charge >= 0.3 is 0 Å². The molecule has 1 N–H and O–H groups in total. The van der Waals surface area contributed by atoms with Crippen LogP contribution in [0.25, 0.3) is 5.69 Å². The van der Waals surface area contributed by atoms with E-state index in [9.17, 15) is 13.6 Å². The number of nitrogens with zero attached hydrogens (tertiary/aromatic N) is 3. The van der Waals surface area contributed by atoms with Gasteiger partial charge in [0.05, 0.1) is 6.42 Å². The van der Waals surface area contributed by atoms with Crippen LogP contribution < -0.4 is 5.32 Å². The van der Waals surface area contributed by atoms with E-state index in [0.717, 1.165) is 6.07 Å². The molecule has 0 spiro atoms. The molecule has 1 heterocycles. The molecule has 0 bridgehead atoms. The Balaban J connectivity index is 1.74. The van der Waals surface area contributed by atoms with Crippen LogP contribution in [0, 0.1) is 11.6 Å². The molecule has 8 heteroatoms. The second kappa shape index (κ2) is 6.76. The first-order valence-electron chi connectivity index (χ1n) is 6.92. The molecule has 0 radical (unpaired) electrons. The van der Waals surface area contributed by atoms with Gasteiger partial charge in [0.2, 0.25) is 5.91 Å². The Morgan fingerprint density at radius 1 is 1.21 bits per heavy atom. The lowest BCUT2D eigenvalue weighted by Crippen LogP contribution is -2.16. The second-order valence-corrected chi connectivity index (χ2v) is 5.34. The van der Waals surface area contributed by atoms with Gasteiger partial charge in [-0.3, -0.25) is 4.79 Å². The van der Waals surface area contributed by atoms with E-state index in [0.29, 0.717) is 0 Å². The summed E-state index contributed by atoms with van der Waals surface area (Å²) in [6.45, 7) is 0. The Morgan fingerprint density at radius 3 is 2.71 bits per heavy atom. The molecule has 0 aliphatic heterocycles. The molecule has 0 fully saturated rings. The van der Waals surface area contributed by atoms with Crippen molar-refractivity contribution in [1.29, 1.82) is 0 Å². The van der Waals surface area contributed by atoms with E-state index in [4.69, 9.17) is 11.6 Å². The summed E-state index contributed by atoms with van der Waals surface area (Å²) in [7, 11) is 0. The van der Waals surface area contributed by atoms with E-state index in [-0.39, 0.29) is 28.4 Å². The summed E-state index contributed by atoms with van der Waals surface area (Å²) in [5, 5.41) is 6.51. The first-order valence-corrected chi connectivity index (χ1v) is 7.29. The SMILES string of the molecule is O=C(Cc1c(F)cccc1Cl)Nc1ccc(-n2cncn2)c(F)c1. The molecule has 5 nitrogen and oxygen atoms in total. The quantitative estimate of drug-likeness (QED) is 0.786. The molecule has 0 unspecified atom stereocenters. The zero-order valence-electron chi connectivity index (χ0n) is 12.2. The maximum absolute atomic E-state index is 14.1. The molecule has 0 saturated carbocycles. The number of rotatable bonds is 4. The number of halogens is 3. The van der Waals surface area contributed by atoms with E-state index in [1.54, 1.807) is 0 Å². The highest BCUT2D eigenvalue weighted by atomic mass is 35.5. The van der Waals surface area contributed by atoms with Crippen molar-refractivity contribution >= 4 is 23.2 Å².